The highest BCUT2D eigenvalue weighted by Gasteiger charge is 2.35. The van der Waals surface area contributed by atoms with E-state index in [9.17, 15) is 33.9 Å². The predicted octanol–water partition coefficient (Wildman–Crippen LogP) is -2.71. The zero-order valence-corrected chi connectivity index (χ0v) is 29.1. The molecule has 0 aromatic carbocycles. The molecule has 20 nitrogen and oxygen atoms in total. The van der Waals surface area contributed by atoms with E-state index >= 15 is 0 Å². The lowest BCUT2D eigenvalue weighted by atomic mass is 10.2. The van der Waals surface area contributed by atoms with Crippen LogP contribution >= 0.6 is 0 Å². The van der Waals surface area contributed by atoms with E-state index in [1.807, 2.05) is 0 Å². The Kier molecular flexibility index (Phi) is 15.6. The molecule has 3 aliphatic rings. The molecule has 3 aromatic heterocycles. The van der Waals surface area contributed by atoms with Gasteiger partial charge < -0.3 is 39.7 Å². The fourth-order valence-electron chi connectivity index (χ4n) is 5.20. The fraction of sp³-hybridized carbons (Fsp3) is 0.562. The molecule has 0 saturated carbocycles. The highest BCUT2D eigenvalue weighted by Crippen LogP contribution is 2.27. The van der Waals surface area contributed by atoms with E-state index in [2.05, 4.69) is 15.0 Å². The molecule has 2 fully saturated rings. The van der Waals surface area contributed by atoms with Gasteiger partial charge in [0.15, 0.2) is 6.23 Å². The van der Waals surface area contributed by atoms with Crippen molar-refractivity contribution in [1.82, 2.24) is 28.7 Å². The van der Waals surface area contributed by atoms with Gasteiger partial charge in [-0.3, -0.25) is 43.0 Å². The zero-order chi connectivity index (χ0) is 38.7. The Morgan fingerprint density at radius 1 is 0.654 bits per heavy atom. The molecule has 6 heterocycles. The van der Waals surface area contributed by atoms with Gasteiger partial charge in [0.25, 0.3) is 16.7 Å². The van der Waals surface area contributed by atoms with Crippen LogP contribution in [0.25, 0.3) is 0 Å². The van der Waals surface area contributed by atoms with Crippen molar-refractivity contribution in [3.8, 4) is 0 Å². The van der Waals surface area contributed by atoms with Gasteiger partial charge in [0, 0.05) is 48.3 Å². The number of nitrogens with one attached hydrogen (secondary N) is 3. The molecule has 0 aliphatic carbocycles. The Morgan fingerprint density at radius 2 is 1.13 bits per heavy atom. The summed E-state index contributed by atoms with van der Waals surface area (Å²) in [6.07, 6.45) is 5.50. The molecule has 52 heavy (non-hydrogen) atoms. The third-order valence-corrected chi connectivity index (χ3v) is 7.99. The van der Waals surface area contributed by atoms with Crippen LogP contribution in [-0.4, -0.2) is 105 Å². The second-order valence-electron chi connectivity index (χ2n) is 12.0. The van der Waals surface area contributed by atoms with Crippen LogP contribution in [-0.2, 0) is 14.2 Å². The average Bonchev–Trinajstić information content (AvgIpc) is 3.87. The van der Waals surface area contributed by atoms with Crippen molar-refractivity contribution in [2.24, 2.45) is 0 Å². The van der Waals surface area contributed by atoms with Gasteiger partial charge in [0.1, 0.15) is 24.7 Å². The summed E-state index contributed by atoms with van der Waals surface area (Å²) < 4.78 is 20.0. The van der Waals surface area contributed by atoms with Gasteiger partial charge in [0.05, 0.1) is 32.0 Å². The third-order valence-electron chi connectivity index (χ3n) is 7.99. The molecule has 2 saturated heterocycles. The standard InChI is InChI=1S/C10H14N2O5.C10H14N2O4.C10H12N2O4.C2H6O/c1-5-3-12(10(16)11-9(5)15)8-2-6(14)7(4-13)17-8;2*1-6-4-12(10(15)11-9(6)14)8-3-2-7(5-13)16-8;1-2-3/h3,6-8,13-14H,2,4H2,1H3,(H,11,15,16);4,7-8,13H,2-3,5H2,1H3,(H,11,14,15);2-4,7-8,13H,5H2,1H3,(H,11,14,15);3H,2H2,1H3. The fourth-order valence-corrected chi connectivity index (χ4v) is 5.20. The zero-order valence-electron chi connectivity index (χ0n) is 29.1. The van der Waals surface area contributed by atoms with Gasteiger partial charge in [-0.05, 0) is 46.6 Å². The number of hydrogen-bond donors (Lipinski definition) is 8. The number of aromatic nitrogens is 6. The summed E-state index contributed by atoms with van der Waals surface area (Å²) >= 11 is 0. The molecule has 7 atom stereocenters. The number of aryl methyl sites for hydroxylation is 3. The monoisotopic (exact) mass is 738 g/mol. The molecule has 6 rings (SSSR count). The molecule has 8 N–H and O–H groups in total. The molecule has 288 valence electrons. The van der Waals surface area contributed by atoms with Crippen LogP contribution in [0.1, 0.15) is 61.6 Å². The second-order valence-corrected chi connectivity index (χ2v) is 12.0. The van der Waals surface area contributed by atoms with Crippen molar-refractivity contribution in [2.45, 2.75) is 90.1 Å². The minimum Gasteiger partial charge on any atom is -0.397 e. The van der Waals surface area contributed by atoms with E-state index in [0.717, 1.165) is 0 Å². The molecule has 3 aromatic rings. The number of aliphatic hydroxyl groups is 5. The van der Waals surface area contributed by atoms with Gasteiger partial charge in [0.2, 0.25) is 0 Å². The number of H-pyrrole nitrogens is 3. The van der Waals surface area contributed by atoms with E-state index in [-0.39, 0.29) is 50.7 Å². The molecular formula is C32H46N6O14. The van der Waals surface area contributed by atoms with Gasteiger partial charge in [-0.25, -0.2) is 14.4 Å². The van der Waals surface area contributed by atoms with E-state index in [1.54, 1.807) is 39.8 Å². The number of aliphatic hydroxyl groups excluding tert-OH is 5. The van der Waals surface area contributed by atoms with E-state index in [1.165, 1.54) is 32.3 Å². The normalized spacial score (nSPS) is 24.7. The molecule has 0 amide bonds. The van der Waals surface area contributed by atoms with Gasteiger partial charge in [-0.1, -0.05) is 6.08 Å². The van der Waals surface area contributed by atoms with Crippen LogP contribution in [0, 0.1) is 20.8 Å². The maximum Gasteiger partial charge on any atom is 0.330 e. The van der Waals surface area contributed by atoms with Gasteiger partial charge in [-0.15, -0.1) is 0 Å². The van der Waals surface area contributed by atoms with Crippen molar-refractivity contribution in [3.05, 3.63) is 110 Å². The van der Waals surface area contributed by atoms with E-state index in [0.29, 0.717) is 29.5 Å². The Balaban J connectivity index is 0.000000202. The molecule has 0 spiro atoms. The first kappa shape index (κ1) is 41.9. The van der Waals surface area contributed by atoms with Crippen LogP contribution in [0.15, 0.2) is 59.5 Å². The highest BCUT2D eigenvalue weighted by molar-refractivity contribution is 5.06. The van der Waals surface area contributed by atoms with Crippen molar-refractivity contribution >= 4 is 0 Å². The third kappa shape index (κ3) is 10.7. The van der Waals surface area contributed by atoms with Gasteiger partial charge >= 0.3 is 17.1 Å². The first-order valence-corrected chi connectivity index (χ1v) is 16.4. The first-order chi connectivity index (χ1) is 24.7. The largest absolute Gasteiger partial charge is 0.397 e. The minimum absolute atomic E-state index is 0.0480. The Hall–Kier alpha value is -4.54. The molecule has 3 aliphatic heterocycles. The maximum atomic E-state index is 11.6. The maximum absolute atomic E-state index is 11.6. The number of rotatable bonds is 6. The summed E-state index contributed by atoms with van der Waals surface area (Å²) in [5, 5.41) is 43.9. The molecule has 0 radical (unpaired) electrons. The van der Waals surface area contributed by atoms with Crippen LogP contribution in [0.2, 0.25) is 0 Å². The summed E-state index contributed by atoms with van der Waals surface area (Å²) in [7, 11) is 0. The van der Waals surface area contributed by atoms with Crippen LogP contribution in [0.3, 0.4) is 0 Å². The summed E-state index contributed by atoms with van der Waals surface area (Å²) in [5.74, 6) is 0. The van der Waals surface area contributed by atoms with Crippen LogP contribution in [0.5, 0.6) is 0 Å². The molecule has 20 heteroatoms. The lowest BCUT2D eigenvalue weighted by Crippen LogP contribution is -2.33. The molecule has 0 bridgehead atoms. The van der Waals surface area contributed by atoms with Gasteiger partial charge in [-0.2, -0.15) is 0 Å². The van der Waals surface area contributed by atoms with Crippen LogP contribution in [0.4, 0.5) is 0 Å². The summed E-state index contributed by atoms with van der Waals surface area (Å²) in [6, 6.07) is 0. The van der Waals surface area contributed by atoms with Crippen molar-refractivity contribution in [3.63, 3.8) is 0 Å². The summed E-state index contributed by atoms with van der Waals surface area (Å²) in [5.41, 5.74) is -1.52. The molecule has 7 unspecified atom stereocenters. The van der Waals surface area contributed by atoms with Crippen molar-refractivity contribution in [1.29, 1.82) is 0 Å². The second kappa shape index (κ2) is 19.3. The summed E-state index contributed by atoms with van der Waals surface area (Å²) in [4.78, 5) is 74.7. The van der Waals surface area contributed by atoms with Crippen molar-refractivity contribution < 1.29 is 39.7 Å². The Labute approximate surface area is 294 Å². The Bertz CT molecular complexity index is 2010. The smallest absolute Gasteiger partial charge is 0.330 e. The lowest BCUT2D eigenvalue weighted by Gasteiger charge is -2.14. The number of nitrogens with zero attached hydrogens (tertiary/aromatic N) is 3. The highest BCUT2D eigenvalue weighted by atomic mass is 16.5. The van der Waals surface area contributed by atoms with Crippen molar-refractivity contribution in [2.75, 3.05) is 26.4 Å². The topological polar surface area (TPSA) is 293 Å². The summed E-state index contributed by atoms with van der Waals surface area (Å²) in [6.45, 7) is 6.25. The SMILES string of the molecule is CCO.Cc1cn(C2C=CC(CO)O2)c(=O)[nH]c1=O.Cc1cn(C2CC(O)C(CO)O2)c(=O)[nH]c1=O.Cc1cn(C2CCC(CO)O2)c(=O)[nH]c1=O. The Morgan fingerprint density at radius 3 is 1.56 bits per heavy atom. The molecular weight excluding hydrogens is 692 g/mol. The number of ether oxygens (including phenoxy) is 3. The number of aromatic amines is 3. The minimum atomic E-state index is -0.816. The number of hydrogen-bond acceptors (Lipinski definition) is 14. The van der Waals surface area contributed by atoms with E-state index < -0.39 is 59.0 Å². The average molecular weight is 739 g/mol. The van der Waals surface area contributed by atoms with E-state index in [4.69, 9.17) is 34.6 Å². The predicted molar refractivity (Wildman–Crippen MR) is 183 cm³/mol. The lowest BCUT2D eigenvalue weighted by molar-refractivity contribution is -0.0459. The van der Waals surface area contributed by atoms with Crippen LogP contribution < -0.4 is 33.7 Å². The quantitative estimate of drug-likeness (QED) is 0.119. The first-order valence-electron chi connectivity index (χ1n) is 16.4.